The quantitative estimate of drug-likeness (QED) is 0.383. The average molecular weight is 415 g/mol. The second-order valence-corrected chi connectivity index (χ2v) is 8.54. The number of hydrogen-bond acceptors (Lipinski definition) is 3. The summed E-state index contributed by atoms with van der Waals surface area (Å²) in [6.45, 7) is 10.4. The minimum atomic E-state index is 0.303. The van der Waals surface area contributed by atoms with Gasteiger partial charge in [0.2, 0.25) is 5.91 Å². The van der Waals surface area contributed by atoms with E-state index >= 15 is 0 Å². The van der Waals surface area contributed by atoms with Gasteiger partial charge in [-0.05, 0) is 18.9 Å². The standard InChI is InChI=1S/C26H42N2O2/c1-3-4-5-6-7-8-12-15-26(29)28(17-16-27-18-20-30-21-19-27)23-24(2)22-25-13-10-9-11-14-25/h9-11,13-14,22H,3-8,12,15-21,23H2,1-2H3/b24-22+. The van der Waals surface area contributed by atoms with Crippen LogP contribution < -0.4 is 0 Å². The van der Waals surface area contributed by atoms with E-state index in [0.29, 0.717) is 18.9 Å². The Morgan fingerprint density at radius 1 is 1.03 bits per heavy atom. The van der Waals surface area contributed by atoms with Gasteiger partial charge in [0, 0.05) is 39.1 Å². The molecule has 0 spiro atoms. The van der Waals surface area contributed by atoms with Crippen LogP contribution in [0.1, 0.15) is 70.8 Å². The highest BCUT2D eigenvalue weighted by Gasteiger charge is 2.17. The van der Waals surface area contributed by atoms with Gasteiger partial charge in [-0.3, -0.25) is 9.69 Å². The van der Waals surface area contributed by atoms with Crippen LogP contribution in [0.4, 0.5) is 0 Å². The van der Waals surface area contributed by atoms with Gasteiger partial charge in [-0.15, -0.1) is 0 Å². The van der Waals surface area contributed by atoms with Gasteiger partial charge < -0.3 is 9.64 Å². The molecule has 4 nitrogen and oxygen atoms in total. The largest absolute Gasteiger partial charge is 0.379 e. The zero-order valence-corrected chi connectivity index (χ0v) is 19.3. The fraction of sp³-hybridized carbons (Fsp3) is 0.654. The number of morpholine rings is 1. The predicted molar refractivity (Wildman–Crippen MR) is 127 cm³/mol. The summed E-state index contributed by atoms with van der Waals surface area (Å²) < 4.78 is 5.45. The molecule has 1 heterocycles. The molecule has 0 saturated carbocycles. The first kappa shape index (κ1) is 24.6. The number of carbonyl (C=O) groups is 1. The summed E-state index contributed by atoms with van der Waals surface area (Å²) >= 11 is 0. The van der Waals surface area contributed by atoms with Gasteiger partial charge in [-0.2, -0.15) is 0 Å². The van der Waals surface area contributed by atoms with Crippen molar-refractivity contribution in [3.63, 3.8) is 0 Å². The highest BCUT2D eigenvalue weighted by Crippen LogP contribution is 2.12. The molecule has 0 aliphatic carbocycles. The Balaban J connectivity index is 1.84. The van der Waals surface area contributed by atoms with Crippen LogP contribution in [0, 0.1) is 0 Å². The molecule has 1 saturated heterocycles. The summed E-state index contributed by atoms with van der Waals surface area (Å²) in [7, 11) is 0. The Kier molecular flexibility index (Phi) is 12.5. The lowest BCUT2D eigenvalue weighted by atomic mass is 10.1. The molecule has 1 fully saturated rings. The summed E-state index contributed by atoms with van der Waals surface area (Å²) in [5.74, 6) is 0.303. The van der Waals surface area contributed by atoms with Gasteiger partial charge in [0.15, 0.2) is 0 Å². The van der Waals surface area contributed by atoms with Crippen LogP contribution in [0.25, 0.3) is 6.08 Å². The molecule has 0 unspecified atom stereocenters. The van der Waals surface area contributed by atoms with Crippen molar-refractivity contribution in [1.29, 1.82) is 0 Å². The number of ether oxygens (including phenoxy) is 1. The topological polar surface area (TPSA) is 32.8 Å². The van der Waals surface area contributed by atoms with E-state index in [1.165, 1.54) is 49.7 Å². The molecule has 0 N–H and O–H groups in total. The highest BCUT2D eigenvalue weighted by atomic mass is 16.5. The van der Waals surface area contributed by atoms with E-state index in [-0.39, 0.29) is 0 Å². The predicted octanol–water partition coefficient (Wildman–Crippen LogP) is 5.39. The lowest BCUT2D eigenvalue weighted by molar-refractivity contribution is -0.131. The summed E-state index contributed by atoms with van der Waals surface area (Å²) in [4.78, 5) is 17.5. The number of benzene rings is 1. The molecule has 1 aliphatic rings. The van der Waals surface area contributed by atoms with Crippen molar-refractivity contribution in [2.45, 2.75) is 65.2 Å². The third kappa shape index (κ3) is 10.4. The van der Waals surface area contributed by atoms with Gasteiger partial charge in [0.1, 0.15) is 0 Å². The zero-order chi connectivity index (χ0) is 21.4. The lowest BCUT2D eigenvalue weighted by Gasteiger charge is -2.30. The van der Waals surface area contributed by atoms with Crippen molar-refractivity contribution >= 4 is 12.0 Å². The van der Waals surface area contributed by atoms with Crippen molar-refractivity contribution in [2.75, 3.05) is 45.9 Å². The normalized spacial score (nSPS) is 15.3. The van der Waals surface area contributed by atoms with E-state index in [1.807, 2.05) is 6.07 Å². The van der Waals surface area contributed by atoms with Crippen LogP contribution in [-0.4, -0.2) is 61.6 Å². The third-order valence-corrected chi connectivity index (χ3v) is 5.79. The van der Waals surface area contributed by atoms with E-state index in [2.05, 4.69) is 54.0 Å². The van der Waals surface area contributed by atoms with Gasteiger partial charge in [0.25, 0.3) is 0 Å². The van der Waals surface area contributed by atoms with Crippen LogP contribution in [-0.2, 0) is 9.53 Å². The summed E-state index contributed by atoms with van der Waals surface area (Å²) in [6, 6.07) is 10.4. The average Bonchev–Trinajstić information content (AvgIpc) is 2.77. The number of nitrogens with zero attached hydrogens (tertiary/aromatic N) is 2. The van der Waals surface area contributed by atoms with E-state index < -0.39 is 0 Å². The monoisotopic (exact) mass is 414 g/mol. The number of rotatable bonds is 14. The first-order valence-corrected chi connectivity index (χ1v) is 12.0. The van der Waals surface area contributed by atoms with E-state index in [1.54, 1.807) is 0 Å². The molecular weight excluding hydrogens is 372 g/mol. The molecule has 0 atom stereocenters. The molecule has 0 radical (unpaired) electrons. The molecule has 1 aliphatic heterocycles. The molecule has 1 aromatic rings. The fourth-order valence-corrected chi connectivity index (χ4v) is 3.95. The Hall–Kier alpha value is -1.65. The third-order valence-electron chi connectivity index (χ3n) is 5.79. The zero-order valence-electron chi connectivity index (χ0n) is 19.3. The highest BCUT2D eigenvalue weighted by molar-refractivity contribution is 5.76. The van der Waals surface area contributed by atoms with Gasteiger partial charge in [-0.25, -0.2) is 0 Å². The number of unbranched alkanes of at least 4 members (excludes halogenated alkanes) is 6. The van der Waals surface area contributed by atoms with Crippen LogP contribution in [0.5, 0.6) is 0 Å². The van der Waals surface area contributed by atoms with E-state index in [0.717, 1.165) is 45.8 Å². The van der Waals surface area contributed by atoms with E-state index in [4.69, 9.17) is 4.74 Å². The molecule has 1 aromatic carbocycles. The van der Waals surface area contributed by atoms with Crippen LogP contribution in [0.2, 0.25) is 0 Å². The Labute approximate surface area is 184 Å². The van der Waals surface area contributed by atoms with E-state index in [9.17, 15) is 4.79 Å². The van der Waals surface area contributed by atoms with Gasteiger partial charge in [0.05, 0.1) is 13.2 Å². The molecular formula is C26H42N2O2. The maximum Gasteiger partial charge on any atom is 0.222 e. The molecule has 1 amide bonds. The maximum atomic E-state index is 13.0. The van der Waals surface area contributed by atoms with Crippen LogP contribution >= 0.6 is 0 Å². The first-order chi connectivity index (χ1) is 14.7. The first-order valence-electron chi connectivity index (χ1n) is 12.0. The number of hydrogen-bond donors (Lipinski definition) is 0. The smallest absolute Gasteiger partial charge is 0.222 e. The summed E-state index contributed by atoms with van der Waals surface area (Å²) in [6.07, 6.45) is 11.6. The SMILES string of the molecule is CCCCCCCCCC(=O)N(CCN1CCOCC1)C/C(C)=C/c1ccccc1. The Bertz CT molecular complexity index is 609. The second-order valence-electron chi connectivity index (χ2n) is 8.54. The molecule has 2 rings (SSSR count). The number of carbonyl (C=O) groups excluding carboxylic acids is 1. The summed E-state index contributed by atoms with van der Waals surface area (Å²) in [5.41, 5.74) is 2.43. The fourth-order valence-electron chi connectivity index (χ4n) is 3.95. The minimum absolute atomic E-state index is 0.303. The van der Waals surface area contributed by atoms with Crippen molar-refractivity contribution in [2.24, 2.45) is 0 Å². The Morgan fingerprint density at radius 2 is 1.70 bits per heavy atom. The Morgan fingerprint density at radius 3 is 2.40 bits per heavy atom. The van der Waals surface area contributed by atoms with Crippen molar-refractivity contribution in [3.05, 3.63) is 41.5 Å². The molecule has 0 bridgehead atoms. The maximum absolute atomic E-state index is 13.0. The minimum Gasteiger partial charge on any atom is -0.379 e. The molecule has 0 aromatic heterocycles. The summed E-state index contributed by atoms with van der Waals surface area (Å²) in [5, 5.41) is 0. The van der Waals surface area contributed by atoms with Crippen LogP contribution in [0.3, 0.4) is 0 Å². The van der Waals surface area contributed by atoms with Gasteiger partial charge in [-0.1, -0.05) is 87.4 Å². The number of amides is 1. The van der Waals surface area contributed by atoms with Crippen molar-refractivity contribution in [3.8, 4) is 0 Å². The lowest BCUT2D eigenvalue weighted by Crippen LogP contribution is -2.43. The van der Waals surface area contributed by atoms with Crippen molar-refractivity contribution < 1.29 is 9.53 Å². The van der Waals surface area contributed by atoms with Crippen LogP contribution in [0.15, 0.2) is 35.9 Å². The molecule has 30 heavy (non-hydrogen) atoms. The van der Waals surface area contributed by atoms with Gasteiger partial charge >= 0.3 is 0 Å². The molecule has 4 heteroatoms. The second kappa shape index (κ2) is 15.2. The molecule has 168 valence electrons. The van der Waals surface area contributed by atoms with Crippen molar-refractivity contribution in [1.82, 2.24) is 9.80 Å².